The number of esters is 1. The molecule has 0 aliphatic carbocycles. The van der Waals surface area contributed by atoms with E-state index in [0.29, 0.717) is 13.0 Å². The monoisotopic (exact) mass is 404 g/mol. The highest BCUT2D eigenvalue weighted by Crippen LogP contribution is 2.57. The minimum Gasteiger partial charge on any atom is -0.465 e. The van der Waals surface area contributed by atoms with Gasteiger partial charge in [0, 0.05) is 19.1 Å². The lowest BCUT2D eigenvalue weighted by molar-refractivity contribution is -0.160. The van der Waals surface area contributed by atoms with Crippen molar-refractivity contribution in [3.63, 3.8) is 0 Å². The van der Waals surface area contributed by atoms with Crippen LogP contribution in [0.5, 0.6) is 0 Å². The van der Waals surface area contributed by atoms with Gasteiger partial charge in [0.15, 0.2) is 0 Å². The van der Waals surface area contributed by atoms with E-state index in [1.54, 1.807) is 17.9 Å². The van der Waals surface area contributed by atoms with Crippen LogP contribution in [0.15, 0.2) is 24.3 Å². The summed E-state index contributed by atoms with van der Waals surface area (Å²) in [6.07, 6.45) is 7.92. The second-order valence-electron chi connectivity index (χ2n) is 8.60. The molecule has 0 aromatic carbocycles. The van der Waals surface area contributed by atoms with Crippen molar-refractivity contribution in [3.05, 3.63) is 24.3 Å². The van der Waals surface area contributed by atoms with E-state index < -0.39 is 35.0 Å². The van der Waals surface area contributed by atoms with Crippen LogP contribution in [-0.2, 0) is 23.9 Å². The van der Waals surface area contributed by atoms with E-state index in [1.165, 1.54) is 4.90 Å². The minimum absolute atomic E-state index is 0.00491. The molecule has 5 atom stereocenters. The molecule has 1 unspecified atom stereocenters. The number of fused-ring (bicyclic) bond motifs is 2. The van der Waals surface area contributed by atoms with Gasteiger partial charge in [-0.15, -0.1) is 0 Å². The smallest absolute Gasteiger partial charge is 0.313 e. The lowest BCUT2D eigenvalue weighted by atomic mass is 9.74. The summed E-state index contributed by atoms with van der Waals surface area (Å²) in [5.41, 5.74) is -2.33. The van der Waals surface area contributed by atoms with Crippen molar-refractivity contribution in [2.24, 2.45) is 11.8 Å². The zero-order valence-corrected chi connectivity index (χ0v) is 17.0. The molecule has 4 aliphatic rings. The first kappa shape index (κ1) is 20.1. The van der Waals surface area contributed by atoms with Crippen LogP contribution in [0.1, 0.15) is 27.2 Å². The predicted molar refractivity (Wildman–Crippen MR) is 102 cm³/mol. The van der Waals surface area contributed by atoms with Crippen LogP contribution in [0.3, 0.4) is 0 Å². The normalized spacial score (nSPS) is 39.1. The SMILES string of the molecule is CC(C)N1CC=C[C@]23O[C@]4(C)C=CCCOC(=O)[C@@H]4[C@H]2C(=O)N(CCO)C3C1=O. The Balaban J connectivity index is 1.89. The van der Waals surface area contributed by atoms with Crippen LogP contribution in [0.25, 0.3) is 0 Å². The van der Waals surface area contributed by atoms with E-state index in [0.717, 1.165) is 0 Å². The predicted octanol–water partition coefficient (Wildman–Crippen LogP) is 0.260. The largest absolute Gasteiger partial charge is 0.465 e. The molecule has 4 aliphatic heterocycles. The molecule has 1 N–H and O–H groups in total. The number of rotatable bonds is 3. The van der Waals surface area contributed by atoms with Crippen LogP contribution in [-0.4, -0.2) is 82.3 Å². The maximum atomic E-state index is 13.6. The van der Waals surface area contributed by atoms with E-state index in [4.69, 9.17) is 9.47 Å². The number of cyclic esters (lactones) is 1. The molecular weight excluding hydrogens is 376 g/mol. The van der Waals surface area contributed by atoms with E-state index in [1.807, 2.05) is 32.1 Å². The van der Waals surface area contributed by atoms with Gasteiger partial charge >= 0.3 is 5.97 Å². The average molecular weight is 404 g/mol. The Kier molecular flexibility index (Phi) is 4.82. The first-order valence-corrected chi connectivity index (χ1v) is 10.2. The number of likely N-dealkylation sites (tertiary alicyclic amines) is 1. The molecule has 8 nitrogen and oxygen atoms in total. The van der Waals surface area contributed by atoms with E-state index >= 15 is 0 Å². The van der Waals surface area contributed by atoms with Crippen LogP contribution in [0, 0.1) is 11.8 Å². The minimum atomic E-state index is -1.28. The van der Waals surface area contributed by atoms with Crippen LogP contribution >= 0.6 is 0 Å². The maximum absolute atomic E-state index is 13.6. The van der Waals surface area contributed by atoms with Crippen molar-refractivity contribution in [3.8, 4) is 0 Å². The molecule has 1 spiro atoms. The van der Waals surface area contributed by atoms with E-state index in [9.17, 15) is 19.5 Å². The fourth-order valence-electron chi connectivity index (χ4n) is 5.32. The lowest BCUT2D eigenvalue weighted by Gasteiger charge is -2.38. The molecule has 0 aromatic rings. The Morgan fingerprint density at radius 1 is 1.17 bits per heavy atom. The van der Waals surface area contributed by atoms with Crippen molar-refractivity contribution in [2.75, 3.05) is 26.3 Å². The van der Waals surface area contributed by atoms with Crippen LogP contribution in [0.4, 0.5) is 0 Å². The third-order valence-electron chi connectivity index (χ3n) is 6.52. The average Bonchev–Trinajstić information content (AvgIpc) is 2.95. The van der Waals surface area contributed by atoms with Crippen LogP contribution in [0.2, 0.25) is 0 Å². The van der Waals surface area contributed by atoms with Gasteiger partial charge in [-0.2, -0.15) is 0 Å². The number of nitrogens with zero attached hydrogens (tertiary/aromatic N) is 2. The molecule has 2 fully saturated rings. The molecule has 0 saturated carbocycles. The summed E-state index contributed by atoms with van der Waals surface area (Å²) in [4.78, 5) is 43.1. The first-order valence-electron chi connectivity index (χ1n) is 10.2. The van der Waals surface area contributed by atoms with Crippen molar-refractivity contribution < 1.29 is 29.0 Å². The zero-order valence-electron chi connectivity index (χ0n) is 17.0. The van der Waals surface area contributed by atoms with Gasteiger partial charge in [-0.3, -0.25) is 14.4 Å². The summed E-state index contributed by atoms with van der Waals surface area (Å²) in [5.74, 6) is -2.81. The molecule has 4 heterocycles. The molecule has 4 rings (SSSR count). The first-order chi connectivity index (χ1) is 13.8. The molecule has 2 amide bonds. The van der Waals surface area contributed by atoms with Crippen molar-refractivity contribution in [2.45, 2.75) is 50.5 Å². The molecule has 2 saturated heterocycles. The number of hydrogen-bond acceptors (Lipinski definition) is 6. The Bertz CT molecular complexity index is 792. The second-order valence-corrected chi connectivity index (χ2v) is 8.60. The highest BCUT2D eigenvalue weighted by atomic mass is 16.6. The number of ether oxygens (including phenoxy) is 2. The highest BCUT2D eigenvalue weighted by molar-refractivity contribution is 5.99. The topological polar surface area (TPSA) is 96.4 Å². The standard InChI is InChI=1S/C21H28N2O6/c1-13(2)22-9-6-8-21-14(17(25)23(10-11-24)16(21)18(22)26)15-19(27)28-12-5-4-7-20(15,3)29-21/h4,6-8,13-16,24H,5,9-12H2,1-3H3/t14-,15-,16?,20+,21-/m0/s1. The summed E-state index contributed by atoms with van der Waals surface area (Å²) in [6.45, 7) is 5.97. The van der Waals surface area contributed by atoms with Gasteiger partial charge in [-0.1, -0.05) is 24.3 Å². The summed E-state index contributed by atoms with van der Waals surface area (Å²) in [6, 6.07) is -0.998. The van der Waals surface area contributed by atoms with Crippen molar-refractivity contribution in [1.82, 2.24) is 9.80 Å². The molecule has 0 radical (unpaired) electrons. The Hall–Kier alpha value is -2.19. The Labute approximate surface area is 170 Å². The Morgan fingerprint density at radius 2 is 1.93 bits per heavy atom. The van der Waals surface area contributed by atoms with Gasteiger partial charge in [0.25, 0.3) is 0 Å². The van der Waals surface area contributed by atoms with Gasteiger partial charge in [0.05, 0.1) is 24.7 Å². The third-order valence-corrected chi connectivity index (χ3v) is 6.52. The fraction of sp³-hybridized carbons (Fsp3) is 0.667. The number of amides is 2. The number of aliphatic hydroxyl groups is 1. The molecular formula is C21H28N2O6. The lowest BCUT2D eigenvalue weighted by Crippen LogP contribution is -2.57. The maximum Gasteiger partial charge on any atom is 0.313 e. The van der Waals surface area contributed by atoms with Crippen LogP contribution < -0.4 is 0 Å². The molecule has 0 aromatic heterocycles. The van der Waals surface area contributed by atoms with Gasteiger partial charge in [0.2, 0.25) is 11.8 Å². The Morgan fingerprint density at radius 3 is 2.62 bits per heavy atom. The molecule has 8 heteroatoms. The van der Waals surface area contributed by atoms with Gasteiger partial charge in [-0.25, -0.2) is 0 Å². The number of β-amino-alcohol motifs (C(OH)–C–C–N with tert-alkyl or cyclic N) is 1. The number of aliphatic hydroxyl groups excluding tert-OH is 1. The highest BCUT2D eigenvalue weighted by Gasteiger charge is 2.74. The summed E-state index contributed by atoms with van der Waals surface area (Å²) in [7, 11) is 0. The van der Waals surface area contributed by atoms with Crippen molar-refractivity contribution >= 4 is 17.8 Å². The molecule has 29 heavy (non-hydrogen) atoms. The van der Waals surface area contributed by atoms with Gasteiger partial charge in [0.1, 0.15) is 17.6 Å². The van der Waals surface area contributed by atoms with E-state index in [-0.39, 0.29) is 37.6 Å². The number of carbonyl (C=O) groups is 3. The second kappa shape index (κ2) is 6.95. The number of carbonyl (C=O) groups excluding carboxylic acids is 3. The molecule has 0 bridgehead atoms. The molecule has 158 valence electrons. The van der Waals surface area contributed by atoms with Gasteiger partial charge in [-0.05, 0) is 27.2 Å². The summed E-state index contributed by atoms with van der Waals surface area (Å²) >= 11 is 0. The quantitative estimate of drug-likeness (QED) is 0.535. The zero-order chi connectivity index (χ0) is 21.0. The number of hydrogen-bond donors (Lipinski definition) is 1. The van der Waals surface area contributed by atoms with Crippen molar-refractivity contribution in [1.29, 1.82) is 0 Å². The summed E-state index contributed by atoms with van der Waals surface area (Å²) in [5, 5.41) is 9.56. The van der Waals surface area contributed by atoms with Gasteiger partial charge < -0.3 is 24.4 Å². The third kappa shape index (κ3) is 2.76. The summed E-state index contributed by atoms with van der Waals surface area (Å²) < 4.78 is 11.9. The fourth-order valence-corrected chi connectivity index (χ4v) is 5.32. The van der Waals surface area contributed by atoms with E-state index in [2.05, 4.69) is 0 Å².